The number of nitrogens with two attached hydrogens (primary N) is 1. The normalized spacial score (nSPS) is 14.9. The van der Waals surface area contributed by atoms with Gasteiger partial charge in [-0.15, -0.1) is 0 Å². The SMILES string of the molecule is NCc1ccc(C(=O)Nc2ccc(N3CCCCC3)cc2)o1. The summed E-state index contributed by atoms with van der Waals surface area (Å²) in [5.41, 5.74) is 7.44. The smallest absolute Gasteiger partial charge is 0.291 e. The van der Waals surface area contributed by atoms with E-state index in [1.54, 1.807) is 12.1 Å². The molecule has 1 aromatic heterocycles. The molecule has 5 heteroatoms. The highest BCUT2D eigenvalue weighted by Gasteiger charge is 2.13. The number of anilines is 2. The number of benzene rings is 1. The summed E-state index contributed by atoms with van der Waals surface area (Å²) in [6, 6.07) is 11.3. The van der Waals surface area contributed by atoms with Gasteiger partial charge in [-0.3, -0.25) is 4.79 Å². The minimum absolute atomic E-state index is 0.259. The summed E-state index contributed by atoms with van der Waals surface area (Å²) in [5.74, 6) is 0.622. The average Bonchev–Trinajstić information content (AvgIpc) is 3.06. The molecule has 1 aliphatic heterocycles. The molecule has 2 aromatic rings. The maximum Gasteiger partial charge on any atom is 0.291 e. The molecule has 1 aliphatic rings. The number of piperidine rings is 1. The second-order valence-electron chi connectivity index (χ2n) is 5.52. The van der Waals surface area contributed by atoms with Crippen molar-refractivity contribution in [3.8, 4) is 0 Å². The van der Waals surface area contributed by atoms with Crippen molar-refractivity contribution in [2.75, 3.05) is 23.3 Å². The van der Waals surface area contributed by atoms with E-state index in [0.29, 0.717) is 5.76 Å². The first-order valence-corrected chi connectivity index (χ1v) is 7.71. The van der Waals surface area contributed by atoms with Gasteiger partial charge < -0.3 is 20.4 Å². The van der Waals surface area contributed by atoms with Crippen molar-refractivity contribution >= 4 is 17.3 Å². The lowest BCUT2D eigenvalue weighted by Crippen LogP contribution is -2.29. The van der Waals surface area contributed by atoms with Crippen molar-refractivity contribution in [3.63, 3.8) is 0 Å². The highest BCUT2D eigenvalue weighted by molar-refractivity contribution is 6.02. The molecular formula is C17H21N3O2. The standard InChI is InChI=1S/C17H21N3O2/c18-12-15-8-9-16(22-15)17(21)19-13-4-6-14(7-5-13)20-10-2-1-3-11-20/h4-9H,1-3,10-12,18H2,(H,19,21). The van der Waals surface area contributed by atoms with E-state index in [0.717, 1.165) is 18.8 Å². The second-order valence-corrected chi connectivity index (χ2v) is 5.52. The number of hydrogen-bond acceptors (Lipinski definition) is 4. The number of carbonyl (C=O) groups is 1. The molecular weight excluding hydrogens is 278 g/mol. The van der Waals surface area contributed by atoms with Crippen molar-refractivity contribution in [3.05, 3.63) is 47.9 Å². The topological polar surface area (TPSA) is 71.5 Å². The van der Waals surface area contributed by atoms with E-state index in [1.807, 2.05) is 24.3 Å². The minimum atomic E-state index is -0.259. The summed E-state index contributed by atoms with van der Waals surface area (Å²) in [6.45, 7) is 2.51. The van der Waals surface area contributed by atoms with Gasteiger partial charge in [-0.05, 0) is 55.7 Å². The van der Waals surface area contributed by atoms with Crippen LogP contribution in [0.5, 0.6) is 0 Å². The van der Waals surface area contributed by atoms with Crippen molar-refractivity contribution in [1.82, 2.24) is 0 Å². The summed E-state index contributed by atoms with van der Waals surface area (Å²) >= 11 is 0. The van der Waals surface area contributed by atoms with Gasteiger partial charge in [0.15, 0.2) is 5.76 Å². The van der Waals surface area contributed by atoms with E-state index in [9.17, 15) is 4.79 Å². The maximum absolute atomic E-state index is 12.1. The van der Waals surface area contributed by atoms with Crippen molar-refractivity contribution in [1.29, 1.82) is 0 Å². The third-order valence-electron chi connectivity index (χ3n) is 3.93. The van der Waals surface area contributed by atoms with E-state index in [-0.39, 0.29) is 18.2 Å². The molecule has 1 saturated heterocycles. The van der Waals surface area contributed by atoms with Gasteiger partial charge in [0.2, 0.25) is 0 Å². The highest BCUT2D eigenvalue weighted by Crippen LogP contribution is 2.22. The Morgan fingerprint density at radius 2 is 1.82 bits per heavy atom. The number of furan rings is 1. The first-order valence-electron chi connectivity index (χ1n) is 7.71. The summed E-state index contributed by atoms with van der Waals surface area (Å²) in [5, 5.41) is 2.83. The fraction of sp³-hybridized carbons (Fsp3) is 0.353. The summed E-state index contributed by atoms with van der Waals surface area (Å²) in [6.07, 6.45) is 3.82. The second kappa shape index (κ2) is 6.66. The Bertz CT molecular complexity index is 628. The minimum Gasteiger partial charge on any atom is -0.455 e. The van der Waals surface area contributed by atoms with E-state index in [4.69, 9.17) is 10.2 Å². The fourth-order valence-electron chi connectivity index (χ4n) is 2.71. The molecule has 5 nitrogen and oxygen atoms in total. The molecule has 1 fully saturated rings. The van der Waals surface area contributed by atoms with Crippen molar-refractivity contribution in [2.45, 2.75) is 25.8 Å². The summed E-state index contributed by atoms with van der Waals surface area (Å²) < 4.78 is 5.34. The zero-order valence-electron chi connectivity index (χ0n) is 12.5. The van der Waals surface area contributed by atoms with E-state index in [2.05, 4.69) is 10.2 Å². The van der Waals surface area contributed by atoms with Gasteiger partial charge in [0.05, 0.1) is 6.54 Å². The lowest BCUT2D eigenvalue weighted by Gasteiger charge is -2.28. The monoisotopic (exact) mass is 299 g/mol. The molecule has 1 aromatic carbocycles. The summed E-state index contributed by atoms with van der Waals surface area (Å²) in [7, 11) is 0. The van der Waals surface area contributed by atoms with Crippen LogP contribution in [0.4, 0.5) is 11.4 Å². The van der Waals surface area contributed by atoms with Crippen LogP contribution in [0.25, 0.3) is 0 Å². The Morgan fingerprint density at radius 3 is 2.45 bits per heavy atom. The van der Waals surface area contributed by atoms with Gasteiger partial charge in [0.1, 0.15) is 5.76 Å². The molecule has 0 unspecified atom stereocenters. The number of nitrogens with zero attached hydrogens (tertiary/aromatic N) is 1. The average molecular weight is 299 g/mol. The maximum atomic E-state index is 12.1. The molecule has 1 amide bonds. The third-order valence-corrected chi connectivity index (χ3v) is 3.93. The predicted octanol–water partition coefficient (Wildman–Crippen LogP) is 2.98. The molecule has 0 bridgehead atoms. The molecule has 0 saturated carbocycles. The van der Waals surface area contributed by atoms with Gasteiger partial charge in [0.25, 0.3) is 5.91 Å². The molecule has 2 heterocycles. The fourth-order valence-corrected chi connectivity index (χ4v) is 2.71. The van der Waals surface area contributed by atoms with Crippen molar-refractivity contribution in [2.24, 2.45) is 5.73 Å². The van der Waals surface area contributed by atoms with Crippen LogP contribution in [0.3, 0.4) is 0 Å². The lowest BCUT2D eigenvalue weighted by molar-refractivity contribution is 0.0995. The Labute approximate surface area is 130 Å². The van der Waals surface area contributed by atoms with Gasteiger partial charge in [-0.2, -0.15) is 0 Å². The molecule has 0 atom stereocenters. The van der Waals surface area contributed by atoms with Crippen LogP contribution in [-0.2, 0) is 6.54 Å². The molecule has 3 N–H and O–H groups in total. The first kappa shape index (κ1) is 14.7. The van der Waals surface area contributed by atoms with E-state index < -0.39 is 0 Å². The predicted molar refractivity (Wildman–Crippen MR) is 87.1 cm³/mol. The number of rotatable bonds is 4. The van der Waals surface area contributed by atoms with Gasteiger partial charge >= 0.3 is 0 Å². The lowest BCUT2D eigenvalue weighted by atomic mass is 10.1. The van der Waals surface area contributed by atoms with Crippen LogP contribution in [0, 0.1) is 0 Å². The van der Waals surface area contributed by atoms with E-state index in [1.165, 1.54) is 24.9 Å². The van der Waals surface area contributed by atoms with Gasteiger partial charge in [-0.1, -0.05) is 0 Å². The van der Waals surface area contributed by atoms with Crippen LogP contribution in [0.15, 0.2) is 40.8 Å². The zero-order valence-corrected chi connectivity index (χ0v) is 12.5. The van der Waals surface area contributed by atoms with Gasteiger partial charge in [0, 0.05) is 24.5 Å². The molecule has 0 spiro atoms. The van der Waals surface area contributed by atoms with Crippen LogP contribution in [-0.4, -0.2) is 19.0 Å². The zero-order chi connectivity index (χ0) is 15.4. The number of carbonyl (C=O) groups excluding carboxylic acids is 1. The molecule has 0 aliphatic carbocycles. The molecule has 3 rings (SSSR count). The van der Waals surface area contributed by atoms with E-state index >= 15 is 0 Å². The number of nitrogens with one attached hydrogen (secondary N) is 1. The Hall–Kier alpha value is -2.27. The Morgan fingerprint density at radius 1 is 1.09 bits per heavy atom. The number of hydrogen-bond donors (Lipinski definition) is 2. The largest absolute Gasteiger partial charge is 0.455 e. The Kier molecular flexibility index (Phi) is 4.44. The summed E-state index contributed by atoms with van der Waals surface area (Å²) in [4.78, 5) is 14.5. The van der Waals surface area contributed by atoms with Crippen molar-refractivity contribution < 1.29 is 9.21 Å². The quantitative estimate of drug-likeness (QED) is 0.910. The molecule has 0 radical (unpaired) electrons. The van der Waals surface area contributed by atoms with Gasteiger partial charge in [-0.25, -0.2) is 0 Å². The van der Waals surface area contributed by atoms with Crippen LogP contribution in [0.1, 0.15) is 35.6 Å². The molecule has 116 valence electrons. The van der Waals surface area contributed by atoms with Crippen LogP contribution in [0.2, 0.25) is 0 Å². The first-order chi connectivity index (χ1) is 10.8. The van der Waals surface area contributed by atoms with Crippen LogP contribution < -0.4 is 16.0 Å². The Balaban J connectivity index is 1.64. The number of amides is 1. The van der Waals surface area contributed by atoms with Crippen LogP contribution >= 0.6 is 0 Å². The highest BCUT2D eigenvalue weighted by atomic mass is 16.4. The third kappa shape index (κ3) is 3.31. The molecule has 22 heavy (non-hydrogen) atoms.